The highest BCUT2D eigenvalue weighted by molar-refractivity contribution is 7.89. The Morgan fingerprint density at radius 3 is 2.52 bits per heavy atom. The van der Waals surface area contributed by atoms with Crippen molar-refractivity contribution in [2.75, 3.05) is 12.4 Å². The third kappa shape index (κ3) is 3.92. The van der Waals surface area contributed by atoms with E-state index in [1.807, 2.05) is 0 Å². The Kier molecular flexibility index (Phi) is 4.93. The summed E-state index contributed by atoms with van der Waals surface area (Å²) in [6.07, 6.45) is 4.53. The van der Waals surface area contributed by atoms with E-state index in [4.69, 9.17) is 0 Å². The van der Waals surface area contributed by atoms with Crippen molar-refractivity contribution in [3.05, 3.63) is 72.3 Å². The van der Waals surface area contributed by atoms with Gasteiger partial charge in [-0.15, -0.1) is 0 Å². The van der Waals surface area contributed by atoms with E-state index in [-0.39, 0.29) is 22.2 Å². The first-order valence-electron chi connectivity index (χ1n) is 9.05. The largest absolute Gasteiger partial charge is 0.322 e. The van der Waals surface area contributed by atoms with Crippen LogP contribution in [0.1, 0.15) is 23.2 Å². The van der Waals surface area contributed by atoms with Crippen molar-refractivity contribution < 1.29 is 17.6 Å². The minimum Gasteiger partial charge on any atom is -0.322 e. The molecule has 3 aromatic rings. The molecule has 9 heteroatoms. The minimum atomic E-state index is -3.53. The zero-order chi connectivity index (χ0) is 20.6. The third-order valence-corrected chi connectivity index (χ3v) is 6.72. The van der Waals surface area contributed by atoms with E-state index in [0.717, 1.165) is 12.8 Å². The van der Waals surface area contributed by atoms with Crippen LogP contribution < -0.4 is 5.32 Å². The van der Waals surface area contributed by atoms with Crippen LogP contribution in [-0.2, 0) is 10.0 Å². The molecule has 29 heavy (non-hydrogen) atoms. The Bertz CT molecular complexity index is 1150. The number of aromatic nitrogens is 2. The Morgan fingerprint density at radius 1 is 1.17 bits per heavy atom. The first kappa shape index (κ1) is 19.3. The molecule has 7 nitrogen and oxygen atoms in total. The smallest absolute Gasteiger partial charge is 0.258 e. The maximum absolute atomic E-state index is 13.9. The lowest BCUT2D eigenvalue weighted by atomic mass is 10.3. The summed E-state index contributed by atoms with van der Waals surface area (Å²) >= 11 is 0. The summed E-state index contributed by atoms with van der Waals surface area (Å²) in [7, 11) is -1.95. The predicted molar refractivity (Wildman–Crippen MR) is 106 cm³/mol. The molecular formula is C20H19FN4O3S. The zero-order valence-electron chi connectivity index (χ0n) is 15.6. The summed E-state index contributed by atoms with van der Waals surface area (Å²) in [5, 5.41) is 6.72. The summed E-state index contributed by atoms with van der Waals surface area (Å²) in [6.45, 7) is 0. The van der Waals surface area contributed by atoms with E-state index in [1.165, 1.54) is 51.7 Å². The number of anilines is 1. The molecule has 1 fully saturated rings. The van der Waals surface area contributed by atoms with E-state index >= 15 is 0 Å². The summed E-state index contributed by atoms with van der Waals surface area (Å²) in [5.74, 6) is -0.881. The van der Waals surface area contributed by atoms with Crippen LogP contribution in [0.3, 0.4) is 0 Å². The van der Waals surface area contributed by atoms with Crippen LogP contribution in [0.25, 0.3) is 5.69 Å². The molecule has 1 N–H and O–H groups in total. The van der Waals surface area contributed by atoms with Gasteiger partial charge in [0.15, 0.2) is 0 Å². The van der Waals surface area contributed by atoms with Crippen LogP contribution in [0.4, 0.5) is 10.1 Å². The number of nitrogens with one attached hydrogen (secondary N) is 1. The van der Waals surface area contributed by atoms with Gasteiger partial charge in [0.05, 0.1) is 16.7 Å². The number of hydrogen-bond acceptors (Lipinski definition) is 4. The molecule has 0 spiro atoms. The van der Waals surface area contributed by atoms with Crippen molar-refractivity contribution in [3.8, 4) is 5.69 Å². The Balaban J connectivity index is 1.47. The fourth-order valence-corrected chi connectivity index (χ4v) is 4.34. The van der Waals surface area contributed by atoms with Gasteiger partial charge in [-0.05, 0) is 49.2 Å². The number of rotatable bonds is 6. The van der Waals surface area contributed by atoms with E-state index < -0.39 is 21.7 Å². The lowest BCUT2D eigenvalue weighted by molar-refractivity contribution is 0.102. The maximum Gasteiger partial charge on any atom is 0.258 e. The Labute approximate surface area is 167 Å². The fraction of sp³-hybridized carbons (Fsp3) is 0.200. The van der Waals surface area contributed by atoms with Crippen LogP contribution in [0, 0.1) is 5.82 Å². The molecule has 150 valence electrons. The van der Waals surface area contributed by atoms with E-state index in [1.54, 1.807) is 25.2 Å². The first-order valence-corrected chi connectivity index (χ1v) is 10.5. The number of halogens is 1. The van der Waals surface area contributed by atoms with Crippen molar-refractivity contribution >= 4 is 21.6 Å². The van der Waals surface area contributed by atoms with E-state index in [2.05, 4.69) is 10.4 Å². The molecule has 1 heterocycles. The number of para-hydroxylation sites is 1. The third-order valence-electron chi connectivity index (χ3n) is 4.79. The molecule has 0 aliphatic heterocycles. The second kappa shape index (κ2) is 7.41. The van der Waals surface area contributed by atoms with E-state index in [9.17, 15) is 17.6 Å². The summed E-state index contributed by atoms with van der Waals surface area (Å²) in [5.41, 5.74) is 0.931. The highest BCUT2D eigenvalue weighted by atomic mass is 32.2. The summed E-state index contributed by atoms with van der Waals surface area (Å²) in [4.78, 5) is 12.6. The van der Waals surface area contributed by atoms with Crippen LogP contribution in [-0.4, -0.2) is 41.5 Å². The number of sulfonamides is 1. The van der Waals surface area contributed by atoms with Crippen LogP contribution in [0.2, 0.25) is 0 Å². The number of carbonyl (C=O) groups excluding carboxylic acids is 1. The average Bonchev–Trinajstić information content (AvgIpc) is 3.44. The molecule has 0 unspecified atom stereocenters. The second-order valence-electron chi connectivity index (χ2n) is 6.86. The Morgan fingerprint density at radius 2 is 1.86 bits per heavy atom. The summed E-state index contributed by atoms with van der Waals surface area (Å²) < 4.78 is 41.6. The molecular weight excluding hydrogens is 395 g/mol. The number of amides is 1. The molecule has 1 amide bonds. The lowest BCUT2D eigenvalue weighted by Crippen LogP contribution is -2.28. The van der Waals surface area contributed by atoms with Gasteiger partial charge >= 0.3 is 0 Å². The van der Waals surface area contributed by atoms with Gasteiger partial charge in [0.2, 0.25) is 10.0 Å². The molecule has 0 saturated heterocycles. The highest BCUT2D eigenvalue weighted by Gasteiger charge is 2.34. The van der Waals surface area contributed by atoms with Gasteiger partial charge < -0.3 is 5.32 Å². The van der Waals surface area contributed by atoms with Crippen molar-refractivity contribution in [1.82, 2.24) is 14.1 Å². The molecule has 4 rings (SSSR count). The molecule has 0 atom stereocenters. The van der Waals surface area contributed by atoms with Crippen molar-refractivity contribution in [1.29, 1.82) is 0 Å². The topological polar surface area (TPSA) is 84.3 Å². The number of nitrogens with zero attached hydrogens (tertiary/aromatic N) is 3. The highest BCUT2D eigenvalue weighted by Crippen LogP contribution is 2.30. The number of carbonyl (C=O) groups is 1. The van der Waals surface area contributed by atoms with Gasteiger partial charge in [0.25, 0.3) is 5.91 Å². The maximum atomic E-state index is 13.9. The van der Waals surface area contributed by atoms with E-state index in [0.29, 0.717) is 5.69 Å². The standard InChI is InChI=1S/C20H19FN4O3S/c1-24(16-8-9-16)29(27,28)17-10-6-15(7-11-17)23-20(26)14-12-22-25(13-14)19-5-3-2-4-18(19)21/h2-7,10-13,16H,8-9H2,1H3,(H,23,26). The van der Waals surface area contributed by atoms with Crippen LogP contribution in [0.5, 0.6) is 0 Å². The SMILES string of the molecule is CN(C1CC1)S(=O)(=O)c1ccc(NC(=O)c2cnn(-c3ccccc3F)c2)cc1. The van der Waals surface area contributed by atoms with Gasteiger partial charge in [-0.2, -0.15) is 9.40 Å². The van der Waals surface area contributed by atoms with Crippen LogP contribution in [0.15, 0.2) is 65.8 Å². The number of benzene rings is 2. The predicted octanol–water partition coefficient (Wildman–Crippen LogP) is 3.05. The first-order chi connectivity index (χ1) is 13.9. The average molecular weight is 414 g/mol. The van der Waals surface area contributed by atoms with Gasteiger partial charge in [-0.25, -0.2) is 17.5 Å². The van der Waals surface area contributed by atoms with Gasteiger partial charge in [-0.1, -0.05) is 12.1 Å². The minimum absolute atomic E-state index is 0.0744. The van der Waals surface area contributed by atoms with Gasteiger partial charge in [0, 0.05) is 25.0 Å². The molecule has 0 radical (unpaired) electrons. The number of hydrogen-bond donors (Lipinski definition) is 1. The second-order valence-corrected chi connectivity index (χ2v) is 8.85. The molecule has 0 bridgehead atoms. The fourth-order valence-electron chi connectivity index (χ4n) is 2.92. The quantitative estimate of drug-likeness (QED) is 0.672. The zero-order valence-corrected chi connectivity index (χ0v) is 16.4. The molecule has 2 aromatic carbocycles. The summed E-state index contributed by atoms with van der Waals surface area (Å²) in [6, 6.07) is 12.2. The van der Waals surface area contributed by atoms with Crippen LogP contribution >= 0.6 is 0 Å². The van der Waals surface area contributed by atoms with Crippen molar-refractivity contribution in [2.45, 2.75) is 23.8 Å². The normalized spacial score (nSPS) is 14.2. The van der Waals surface area contributed by atoms with Gasteiger partial charge in [0.1, 0.15) is 11.5 Å². The molecule has 1 aliphatic carbocycles. The van der Waals surface area contributed by atoms with Gasteiger partial charge in [-0.3, -0.25) is 4.79 Å². The monoisotopic (exact) mass is 414 g/mol. The molecule has 1 aliphatic rings. The Hall–Kier alpha value is -3.04. The lowest BCUT2D eigenvalue weighted by Gasteiger charge is -2.16. The van der Waals surface area contributed by atoms with Crippen molar-refractivity contribution in [2.24, 2.45) is 0 Å². The molecule has 1 aromatic heterocycles. The molecule has 1 saturated carbocycles. The van der Waals surface area contributed by atoms with Crippen molar-refractivity contribution in [3.63, 3.8) is 0 Å².